The van der Waals surface area contributed by atoms with Gasteiger partial charge in [-0.05, 0) is 39.1 Å². The molecule has 0 saturated carbocycles. The molecule has 9 heteroatoms. The van der Waals surface area contributed by atoms with Crippen LogP contribution in [0, 0.1) is 0 Å². The van der Waals surface area contributed by atoms with E-state index in [1.54, 1.807) is 7.11 Å². The lowest BCUT2D eigenvalue weighted by molar-refractivity contribution is -0.113. The Balaban J connectivity index is 1.52. The molecule has 0 aliphatic heterocycles. The van der Waals surface area contributed by atoms with Crippen LogP contribution in [-0.4, -0.2) is 52.5 Å². The van der Waals surface area contributed by atoms with Crippen LogP contribution in [0.1, 0.15) is 45.0 Å². The van der Waals surface area contributed by atoms with Crippen molar-refractivity contribution in [1.29, 1.82) is 0 Å². The number of benzene rings is 2. The summed E-state index contributed by atoms with van der Waals surface area (Å²) < 4.78 is 13.7. The summed E-state index contributed by atoms with van der Waals surface area (Å²) in [6.45, 7) is 5.15. The number of carbonyl (C=O) groups excluding carboxylic acids is 1. The number of para-hydroxylation sites is 1. The van der Waals surface area contributed by atoms with Crippen LogP contribution in [0.15, 0.2) is 46.0 Å². The number of aromatic nitrogens is 3. The Morgan fingerprint density at radius 3 is 2.69 bits per heavy atom. The Labute approximate surface area is 210 Å². The molecule has 0 aliphatic rings. The van der Waals surface area contributed by atoms with Crippen LogP contribution in [0.2, 0.25) is 0 Å². The molecule has 8 nitrogen and oxygen atoms in total. The zero-order valence-electron chi connectivity index (χ0n) is 21.0. The van der Waals surface area contributed by atoms with Gasteiger partial charge in [-0.3, -0.25) is 9.69 Å². The first kappa shape index (κ1) is 25.1. The van der Waals surface area contributed by atoms with Gasteiger partial charge >= 0.3 is 0 Å². The summed E-state index contributed by atoms with van der Waals surface area (Å²) in [4.78, 5) is 15.1. The zero-order chi connectivity index (χ0) is 24.9. The van der Waals surface area contributed by atoms with Crippen molar-refractivity contribution in [2.24, 2.45) is 0 Å². The Kier molecular flexibility index (Phi) is 7.97. The van der Waals surface area contributed by atoms with E-state index in [1.807, 2.05) is 36.4 Å². The number of rotatable bonds is 11. The van der Waals surface area contributed by atoms with Gasteiger partial charge in [0.25, 0.3) is 0 Å². The molecule has 35 heavy (non-hydrogen) atoms. The molecule has 0 saturated heterocycles. The minimum atomic E-state index is -0.144. The highest BCUT2D eigenvalue weighted by Crippen LogP contribution is 2.36. The van der Waals surface area contributed by atoms with E-state index in [1.165, 1.54) is 11.8 Å². The Bertz CT molecular complexity index is 1310. The minimum Gasteiger partial charge on any atom is -0.495 e. The van der Waals surface area contributed by atoms with Gasteiger partial charge in [-0.15, -0.1) is 10.2 Å². The molecule has 186 valence electrons. The molecule has 0 radical (unpaired) electrons. The third kappa shape index (κ3) is 5.31. The van der Waals surface area contributed by atoms with Crippen molar-refractivity contribution < 1.29 is 13.9 Å². The standard InChI is InChI=1S/C26H33N5O3S/c1-6-8-13-31-25(20(7-2)30(3)4)28-29-26(31)35-16-24(32)27-19-15-22-18(14-23(19)33-5)17-11-9-10-12-21(17)34-22/h9-12,14-15,20H,6-8,13,16H2,1-5H3,(H,27,32)/t20-/m1/s1. The molecule has 2 heterocycles. The number of anilines is 1. The number of nitrogens with zero attached hydrogens (tertiary/aromatic N) is 4. The monoisotopic (exact) mass is 495 g/mol. The Morgan fingerprint density at radius 1 is 1.17 bits per heavy atom. The topological polar surface area (TPSA) is 85.4 Å². The smallest absolute Gasteiger partial charge is 0.234 e. The van der Waals surface area contributed by atoms with Crippen molar-refractivity contribution in [1.82, 2.24) is 19.7 Å². The van der Waals surface area contributed by atoms with Crippen LogP contribution in [0.3, 0.4) is 0 Å². The van der Waals surface area contributed by atoms with Gasteiger partial charge in [-0.1, -0.05) is 50.2 Å². The third-order valence-electron chi connectivity index (χ3n) is 6.09. The second-order valence-electron chi connectivity index (χ2n) is 8.72. The predicted molar refractivity (Wildman–Crippen MR) is 141 cm³/mol. The number of amides is 1. The molecular weight excluding hydrogens is 462 g/mol. The molecular formula is C26H33N5O3S. The summed E-state index contributed by atoms with van der Waals surface area (Å²) in [6.07, 6.45) is 3.04. The van der Waals surface area contributed by atoms with E-state index in [9.17, 15) is 4.79 Å². The lowest BCUT2D eigenvalue weighted by Gasteiger charge is -2.23. The second kappa shape index (κ2) is 11.1. The van der Waals surface area contributed by atoms with Crippen LogP contribution in [-0.2, 0) is 11.3 Å². The van der Waals surface area contributed by atoms with Crippen LogP contribution in [0.25, 0.3) is 21.9 Å². The first-order valence-corrected chi connectivity index (χ1v) is 13.0. The number of unbranched alkanes of at least 4 members (excludes halogenated alkanes) is 1. The Hall–Kier alpha value is -3.04. The molecule has 4 rings (SSSR count). The van der Waals surface area contributed by atoms with Gasteiger partial charge in [0.1, 0.15) is 16.9 Å². The van der Waals surface area contributed by atoms with Gasteiger partial charge in [0.2, 0.25) is 5.91 Å². The maximum Gasteiger partial charge on any atom is 0.234 e. The van der Waals surface area contributed by atoms with E-state index in [0.717, 1.165) is 53.1 Å². The Morgan fingerprint density at radius 2 is 1.97 bits per heavy atom. The number of thioether (sulfide) groups is 1. The van der Waals surface area contributed by atoms with Crippen LogP contribution < -0.4 is 10.1 Å². The molecule has 1 atom stereocenters. The predicted octanol–water partition coefficient (Wildman–Crippen LogP) is 5.73. The molecule has 0 fully saturated rings. The SMILES string of the molecule is CCCCn1c(SCC(=O)Nc2cc3oc4ccccc4c3cc2OC)nnc1[C@@H](CC)N(C)C. The van der Waals surface area contributed by atoms with E-state index in [-0.39, 0.29) is 17.7 Å². The van der Waals surface area contributed by atoms with Crippen molar-refractivity contribution in [3.63, 3.8) is 0 Å². The second-order valence-corrected chi connectivity index (χ2v) is 9.66. The molecule has 0 spiro atoms. The van der Waals surface area contributed by atoms with Gasteiger partial charge in [-0.2, -0.15) is 0 Å². The molecule has 1 amide bonds. The van der Waals surface area contributed by atoms with Crippen LogP contribution >= 0.6 is 11.8 Å². The van der Waals surface area contributed by atoms with E-state index in [2.05, 4.69) is 52.9 Å². The number of hydrogen-bond acceptors (Lipinski definition) is 7. The summed E-state index contributed by atoms with van der Waals surface area (Å²) in [5, 5.41) is 14.6. The van der Waals surface area contributed by atoms with Gasteiger partial charge in [0.05, 0.1) is 24.6 Å². The van der Waals surface area contributed by atoms with Crippen LogP contribution in [0.4, 0.5) is 5.69 Å². The van der Waals surface area contributed by atoms with Gasteiger partial charge in [-0.25, -0.2) is 0 Å². The number of fused-ring (bicyclic) bond motifs is 3. The number of ether oxygens (including phenoxy) is 1. The average Bonchev–Trinajstić information content (AvgIpc) is 3.41. The minimum absolute atomic E-state index is 0.144. The molecule has 0 unspecified atom stereocenters. The highest BCUT2D eigenvalue weighted by atomic mass is 32.2. The molecule has 4 aromatic rings. The number of methoxy groups -OCH3 is 1. The highest BCUT2D eigenvalue weighted by Gasteiger charge is 2.22. The first-order valence-electron chi connectivity index (χ1n) is 12.0. The van der Waals surface area contributed by atoms with Gasteiger partial charge in [0.15, 0.2) is 11.0 Å². The summed E-state index contributed by atoms with van der Waals surface area (Å²) in [7, 11) is 5.71. The van der Waals surface area contributed by atoms with Crippen molar-refractivity contribution >= 4 is 45.3 Å². The number of hydrogen-bond donors (Lipinski definition) is 1. The summed E-state index contributed by atoms with van der Waals surface area (Å²) in [6, 6.07) is 11.8. The largest absolute Gasteiger partial charge is 0.495 e. The van der Waals surface area contributed by atoms with Crippen molar-refractivity contribution in [3.05, 3.63) is 42.2 Å². The maximum absolute atomic E-state index is 12.9. The molecule has 0 bridgehead atoms. The number of nitrogens with one attached hydrogen (secondary N) is 1. The fourth-order valence-electron chi connectivity index (χ4n) is 4.29. The van der Waals surface area contributed by atoms with E-state index >= 15 is 0 Å². The summed E-state index contributed by atoms with van der Waals surface area (Å²) >= 11 is 1.40. The van der Waals surface area contributed by atoms with E-state index in [0.29, 0.717) is 17.0 Å². The molecule has 0 aliphatic carbocycles. The van der Waals surface area contributed by atoms with E-state index in [4.69, 9.17) is 9.15 Å². The normalized spacial score (nSPS) is 12.5. The third-order valence-corrected chi connectivity index (χ3v) is 7.06. The number of furan rings is 1. The fraction of sp³-hybridized carbons (Fsp3) is 0.423. The highest BCUT2D eigenvalue weighted by molar-refractivity contribution is 7.99. The summed E-state index contributed by atoms with van der Waals surface area (Å²) in [5.74, 6) is 1.61. The maximum atomic E-state index is 12.9. The van der Waals surface area contributed by atoms with Gasteiger partial charge < -0.3 is 19.0 Å². The van der Waals surface area contributed by atoms with Crippen molar-refractivity contribution in [3.8, 4) is 5.75 Å². The lowest BCUT2D eigenvalue weighted by atomic mass is 10.1. The van der Waals surface area contributed by atoms with Gasteiger partial charge in [0, 0.05) is 23.4 Å². The first-order chi connectivity index (χ1) is 17.0. The molecule has 2 aromatic heterocycles. The lowest BCUT2D eigenvalue weighted by Crippen LogP contribution is -2.23. The average molecular weight is 496 g/mol. The van der Waals surface area contributed by atoms with E-state index < -0.39 is 0 Å². The van der Waals surface area contributed by atoms with Crippen molar-refractivity contribution in [2.75, 3.05) is 32.3 Å². The van der Waals surface area contributed by atoms with Crippen LogP contribution in [0.5, 0.6) is 5.75 Å². The number of carbonyl (C=O) groups is 1. The fourth-order valence-corrected chi connectivity index (χ4v) is 5.06. The summed E-state index contributed by atoms with van der Waals surface area (Å²) in [5.41, 5.74) is 2.08. The quantitative estimate of drug-likeness (QED) is 0.266. The zero-order valence-corrected chi connectivity index (χ0v) is 21.8. The molecule has 2 aromatic carbocycles. The van der Waals surface area contributed by atoms with Crippen molar-refractivity contribution in [2.45, 2.75) is 50.9 Å². The molecule has 1 N–H and O–H groups in total.